The number of carbonyl (C=O) groups is 1. The van der Waals surface area contributed by atoms with Gasteiger partial charge in [0.05, 0.1) is 17.6 Å². The van der Waals surface area contributed by atoms with Crippen molar-refractivity contribution < 1.29 is 13.9 Å². The molecule has 9 heteroatoms. The first kappa shape index (κ1) is 21.0. The maximum Gasteiger partial charge on any atom is 0.248 e. The largest absolute Gasteiger partial charge is 0.479 e. The van der Waals surface area contributed by atoms with Gasteiger partial charge in [-0.2, -0.15) is 5.10 Å². The number of nitrogens with zero attached hydrogens (tertiary/aromatic N) is 3. The molecule has 0 bridgehead atoms. The predicted octanol–water partition coefficient (Wildman–Crippen LogP) is 3.44. The van der Waals surface area contributed by atoms with E-state index >= 15 is 0 Å². The molecular weight excluding hydrogens is 420 g/mol. The molecular formula is C24H26N6O3. The number of furan rings is 1. The third kappa shape index (κ3) is 4.03. The first-order valence-corrected chi connectivity index (χ1v) is 11.0. The first-order valence-electron chi connectivity index (χ1n) is 11.0. The minimum absolute atomic E-state index is 0.245. The quantitative estimate of drug-likeness (QED) is 0.413. The van der Waals surface area contributed by atoms with Gasteiger partial charge in [0, 0.05) is 29.1 Å². The minimum Gasteiger partial charge on any atom is -0.479 e. The second-order valence-corrected chi connectivity index (χ2v) is 8.30. The maximum absolute atomic E-state index is 11.3. The molecule has 1 aromatic carbocycles. The second kappa shape index (κ2) is 8.59. The van der Waals surface area contributed by atoms with Gasteiger partial charge in [0.25, 0.3) is 0 Å². The smallest absolute Gasteiger partial charge is 0.248 e. The number of hydrogen-bond donors (Lipinski definition) is 3. The van der Waals surface area contributed by atoms with Gasteiger partial charge in [0.2, 0.25) is 11.7 Å². The molecule has 0 aliphatic carbocycles. The molecule has 1 atom stereocenters. The summed E-state index contributed by atoms with van der Waals surface area (Å²) >= 11 is 0. The average Bonchev–Trinajstić information content (AvgIpc) is 3.49. The van der Waals surface area contributed by atoms with Crippen molar-refractivity contribution in [2.45, 2.75) is 31.9 Å². The molecule has 4 heterocycles. The average molecular weight is 447 g/mol. The molecule has 33 heavy (non-hydrogen) atoms. The van der Waals surface area contributed by atoms with Crippen molar-refractivity contribution in [3.63, 3.8) is 0 Å². The predicted molar refractivity (Wildman–Crippen MR) is 125 cm³/mol. The SMILES string of the molecule is CC(Oc1c(N)ncc2c(-c3cnn(C4CCNCC4)c3)coc12)c1ccc(C(N)=O)cc1. The first-order chi connectivity index (χ1) is 16.0. The Kier molecular flexibility index (Phi) is 5.47. The van der Waals surface area contributed by atoms with E-state index in [1.165, 1.54) is 0 Å². The van der Waals surface area contributed by atoms with Gasteiger partial charge in [-0.25, -0.2) is 4.98 Å². The Morgan fingerprint density at radius 2 is 2.00 bits per heavy atom. The van der Waals surface area contributed by atoms with Crippen molar-refractivity contribution in [1.82, 2.24) is 20.1 Å². The third-order valence-corrected chi connectivity index (χ3v) is 6.16. The molecule has 1 unspecified atom stereocenters. The van der Waals surface area contributed by atoms with Gasteiger partial charge >= 0.3 is 0 Å². The Morgan fingerprint density at radius 1 is 1.24 bits per heavy atom. The van der Waals surface area contributed by atoms with Crippen molar-refractivity contribution >= 4 is 22.7 Å². The second-order valence-electron chi connectivity index (χ2n) is 8.30. The van der Waals surface area contributed by atoms with Crippen LogP contribution in [0.15, 0.2) is 53.5 Å². The highest BCUT2D eigenvalue weighted by Crippen LogP contribution is 2.39. The van der Waals surface area contributed by atoms with Gasteiger partial charge in [0.15, 0.2) is 11.4 Å². The van der Waals surface area contributed by atoms with Crippen LogP contribution in [0, 0.1) is 0 Å². The monoisotopic (exact) mass is 446 g/mol. The maximum atomic E-state index is 11.3. The number of nitrogens with one attached hydrogen (secondary N) is 1. The molecule has 0 saturated carbocycles. The summed E-state index contributed by atoms with van der Waals surface area (Å²) in [7, 11) is 0. The summed E-state index contributed by atoms with van der Waals surface area (Å²) in [6.07, 6.45) is 9.06. The number of primary amides is 1. The molecule has 1 amide bonds. The summed E-state index contributed by atoms with van der Waals surface area (Å²) in [6, 6.07) is 7.34. The highest BCUT2D eigenvalue weighted by atomic mass is 16.5. The highest BCUT2D eigenvalue weighted by molar-refractivity contribution is 5.98. The van der Waals surface area contributed by atoms with E-state index in [4.69, 9.17) is 20.6 Å². The highest BCUT2D eigenvalue weighted by Gasteiger charge is 2.21. The lowest BCUT2D eigenvalue weighted by Gasteiger charge is -2.22. The standard InChI is InChI=1S/C24H26N6O3/c1-14(15-2-4-16(5-3-15)24(26)31)33-22-21-19(11-28-23(22)25)20(13-32-21)17-10-29-30(12-17)18-6-8-27-9-7-18/h2-5,10-14,18,27H,6-9H2,1H3,(H2,25,28)(H2,26,31). The van der Waals surface area contributed by atoms with Crippen LogP contribution in [0.5, 0.6) is 5.75 Å². The molecule has 9 nitrogen and oxygen atoms in total. The number of nitrogen functional groups attached to an aromatic ring is 1. The van der Waals surface area contributed by atoms with Crippen molar-refractivity contribution in [2.75, 3.05) is 18.8 Å². The van der Waals surface area contributed by atoms with Crippen molar-refractivity contribution in [3.8, 4) is 16.9 Å². The molecule has 0 spiro atoms. The number of amides is 1. The molecule has 5 rings (SSSR count). The number of piperidine rings is 1. The Hall–Kier alpha value is -3.85. The number of benzene rings is 1. The summed E-state index contributed by atoms with van der Waals surface area (Å²) in [5, 5.41) is 8.77. The number of fused-ring (bicyclic) bond motifs is 1. The summed E-state index contributed by atoms with van der Waals surface area (Å²) < 4.78 is 14.1. The lowest BCUT2D eigenvalue weighted by Crippen LogP contribution is -2.29. The van der Waals surface area contributed by atoms with Gasteiger partial charge in [-0.15, -0.1) is 0 Å². The zero-order valence-electron chi connectivity index (χ0n) is 18.3. The number of hydrogen-bond acceptors (Lipinski definition) is 7. The van der Waals surface area contributed by atoms with E-state index < -0.39 is 5.91 Å². The van der Waals surface area contributed by atoms with Gasteiger partial charge in [-0.05, 0) is 50.6 Å². The number of pyridine rings is 1. The van der Waals surface area contributed by atoms with E-state index in [1.807, 2.05) is 17.8 Å². The number of anilines is 1. The third-order valence-electron chi connectivity index (χ3n) is 6.16. The Bertz CT molecular complexity index is 1290. The lowest BCUT2D eigenvalue weighted by atomic mass is 10.1. The fraction of sp³-hybridized carbons (Fsp3) is 0.292. The van der Waals surface area contributed by atoms with E-state index in [0.717, 1.165) is 48.0 Å². The molecule has 0 radical (unpaired) electrons. The fourth-order valence-corrected chi connectivity index (χ4v) is 4.23. The lowest BCUT2D eigenvalue weighted by molar-refractivity contribution is 0.1000. The zero-order valence-corrected chi connectivity index (χ0v) is 18.3. The molecule has 5 N–H and O–H groups in total. The van der Waals surface area contributed by atoms with Crippen LogP contribution in [-0.2, 0) is 0 Å². The van der Waals surface area contributed by atoms with Crippen molar-refractivity contribution in [1.29, 1.82) is 0 Å². The van der Waals surface area contributed by atoms with Crippen LogP contribution >= 0.6 is 0 Å². The van der Waals surface area contributed by atoms with Crippen LogP contribution in [0.25, 0.3) is 22.1 Å². The van der Waals surface area contributed by atoms with E-state index in [1.54, 1.807) is 36.7 Å². The van der Waals surface area contributed by atoms with E-state index in [-0.39, 0.29) is 11.9 Å². The zero-order chi connectivity index (χ0) is 22.9. The molecule has 4 aromatic rings. The molecule has 1 fully saturated rings. The molecule has 1 aliphatic rings. The van der Waals surface area contributed by atoms with Gasteiger partial charge in [-0.3, -0.25) is 9.48 Å². The normalized spacial score (nSPS) is 15.5. The van der Waals surface area contributed by atoms with Crippen molar-refractivity contribution in [3.05, 3.63) is 60.2 Å². The van der Waals surface area contributed by atoms with E-state index in [0.29, 0.717) is 22.9 Å². The van der Waals surface area contributed by atoms with Crippen LogP contribution in [0.3, 0.4) is 0 Å². The fourth-order valence-electron chi connectivity index (χ4n) is 4.23. The topological polar surface area (TPSA) is 134 Å². The summed E-state index contributed by atoms with van der Waals surface area (Å²) in [5.74, 6) is 0.158. The molecule has 3 aromatic heterocycles. The number of rotatable bonds is 6. The Balaban J connectivity index is 1.43. The van der Waals surface area contributed by atoms with Crippen molar-refractivity contribution in [2.24, 2.45) is 5.73 Å². The Labute approximate surface area is 190 Å². The summed E-state index contributed by atoms with van der Waals surface area (Å²) in [4.78, 5) is 15.7. The number of carbonyl (C=O) groups excluding carboxylic acids is 1. The van der Waals surface area contributed by atoms with Crippen LogP contribution < -0.4 is 21.5 Å². The number of ether oxygens (including phenoxy) is 1. The van der Waals surface area contributed by atoms with Gasteiger partial charge < -0.3 is 25.9 Å². The van der Waals surface area contributed by atoms with Gasteiger partial charge in [0.1, 0.15) is 12.4 Å². The number of nitrogens with two attached hydrogens (primary N) is 2. The Morgan fingerprint density at radius 3 is 2.73 bits per heavy atom. The van der Waals surface area contributed by atoms with Crippen LogP contribution in [0.1, 0.15) is 47.8 Å². The van der Waals surface area contributed by atoms with Crippen LogP contribution in [0.2, 0.25) is 0 Å². The summed E-state index contributed by atoms with van der Waals surface area (Å²) in [6.45, 7) is 3.90. The molecule has 1 saturated heterocycles. The van der Waals surface area contributed by atoms with Crippen LogP contribution in [-0.4, -0.2) is 33.8 Å². The minimum atomic E-state index is -0.472. The van der Waals surface area contributed by atoms with E-state index in [9.17, 15) is 4.79 Å². The summed E-state index contributed by atoms with van der Waals surface area (Å²) in [5.41, 5.74) is 15.2. The molecule has 170 valence electrons. The number of aromatic nitrogens is 3. The van der Waals surface area contributed by atoms with E-state index in [2.05, 4.69) is 21.6 Å². The van der Waals surface area contributed by atoms with Crippen LogP contribution in [0.4, 0.5) is 5.82 Å². The van der Waals surface area contributed by atoms with Gasteiger partial charge in [-0.1, -0.05) is 12.1 Å². The molecule has 1 aliphatic heterocycles.